The van der Waals surface area contributed by atoms with E-state index in [1.54, 1.807) is 12.1 Å². The van der Waals surface area contributed by atoms with Crippen molar-refractivity contribution in [3.63, 3.8) is 0 Å². The monoisotopic (exact) mass is 473 g/mol. The quantitative estimate of drug-likeness (QED) is 0.339. The topological polar surface area (TPSA) is 128 Å². The number of nitrogens with zero attached hydrogens (tertiary/aromatic N) is 1. The minimum atomic E-state index is -0.906. The lowest BCUT2D eigenvalue weighted by atomic mass is 10.1. The molecule has 2 atom stereocenters. The van der Waals surface area contributed by atoms with Gasteiger partial charge in [-0.05, 0) is 37.5 Å². The lowest BCUT2D eigenvalue weighted by Crippen LogP contribution is -2.48. The maximum Gasteiger partial charge on any atom is 0.267 e. The van der Waals surface area contributed by atoms with Gasteiger partial charge in [0.15, 0.2) is 0 Å². The molecule has 0 unspecified atom stereocenters. The van der Waals surface area contributed by atoms with Crippen LogP contribution in [0.5, 0.6) is 0 Å². The summed E-state index contributed by atoms with van der Waals surface area (Å²) in [5.41, 5.74) is 5.36. The molecule has 3 amide bonds. The molecule has 1 heterocycles. The van der Waals surface area contributed by atoms with E-state index in [1.807, 2.05) is 0 Å². The van der Waals surface area contributed by atoms with Crippen LogP contribution in [-0.2, 0) is 14.4 Å². The lowest BCUT2D eigenvalue weighted by Gasteiger charge is -2.24. The van der Waals surface area contributed by atoms with E-state index in [2.05, 4.69) is 10.6 Å². The van der Waals surface area contributed by atoms with Gasteiger partial charge in [-0.3, -0.25) is 19.8 Å². The van der Waals surface area contributed by atoms with Gasteiger partial charge in [0.2, 0.25) is 11.8 Å². The molecular weight excluding hydrogens is 453 g/mol. The van der Waals surface area contributed by atoms with Crippen molar-refractivity contribution in [1.82, 2.24) is 10.2 Å². The van der Waals surface area contributed by atoms with Crippen molar-refractivity contribution >= 4 is 63.9 Å². The van der Waals surface area contributed by atoms with Crippen LogP contribution in [0.15, 0.2) is 18.2 Å². The third-order valence-electron chi connectivity index (χ3n) is 5.28. The Balaban J connectivity index is 1.60. The fraction of sp³-hybridized carbons (Fsp3) is 0.474. The Labute approximate surface area is 188 Å². The number of nitrogens with one attached hydrogen (secondary N) is 3. The summed E-state index contributed by atoms with van der Waals surface area (Å²) in [6, 6.07) is 4.02. The van der Waals surface area contributed by atoms with Gasteiger partial charge in [0.05, 0.1) is 6.54 Å². The van der Waals surface area contributed by atoms with E-state index in [4.69, 9.17) is 45.9 Å². The molecule has 8 nitrogen and oxygen atoms in total. The first-order chi connectivity index (χ1) is 14.1. The predicted octanol–water partition coefficient (Wildman–Crippen LogP) is 1.91. The average Bonchev–Trinajstić information content (AvgIpc) is 3.07. The third-order valence-corrected chi connectivity index (χ3v) is 6.44. The highest BCUT2D eigenvalue weighted by Gasteiger charge is 2.51. The molecule has 1 aromatic rings. The van der Waals surface area contributed by atoms with Crippen LogP contribution in [-0.4, -0.2) is 58.3 Å². The van der Waals surface area contributed by atoms with Crippen LogP contribution in [0.4, 0.5) is 5.69 Å². The minimum Gasteiger partial charge on any atom is -0.376 e. The number of alkyl halides is 2. The van der Waals surface area contributed by atoms with Gasteiger partial charge >= 0.3 is 0 Å². The Bertz CT molecular complexity index is 892. The number of carbonyl (C=O) groups excluding carboxylic acids is 3. The van der Waals surface area contributed by atoms with E-state index in [0.29, 0.717) is 36.6 Å². The zero-order chi connectivity index (χ0) is 22.1. The molecule has 1 aliphatic carbocycles. The lowest BCUT2D eigenvalue weighted by molar-refractivity contribution is -0.137. The van der Waals surface area contributed by atoms with Crippen molar-refractivity contribution in [1.29, 1.82) is 5.41 Å². The summed E-state index contributed by atoms with van der Waals surface area (Å²) >= 11 is 17.9. The number of nitrogens with two attached hydrogens (primary N) is 1. The molecule has 0 aromatic heterocycles. The molecule has 2 fully saturated rings. The fourth-order valence-corrected chi connectivity index (χ4v) is 4.15. The van der Waals surface area contributed by atoms with Gasteiger partial charge in [0.1, 0.15) is 16.1 Å². The van der Waals surface area contributed by atoms with E-state index in [-0.39, 0.29) is 29.8 Å². The molecular formula is C19H22Cl3N5O3. The van der Waals surface area contributed by atoms with Crippen LogP contribution < -0.4 is 16.4 Å². The van der Waals surface area contributed by atoms with Crippen molar-refractivity contribution in [2.75, 3.05) is 25.0 Å². The number of halogens is 3. The van der Waals surface area contributed by atoms with Crippen LogP contribution in [0.25, 0.3) is 0 Å². The maximum absolute atomic E-state index is 12.7. The maximum atomic E-state index is 12.7. The number of hydrogen-bond acceptors (Lipinski definition) is 5. The van der Waals surface area contributed by atoms with Crippen LogP contribution >= 0.6 is 34.8 Å². The number of anilines is 1. The molecule has 1 aliphatic heterocycles. The molecule has 5 N–H and O–H groups in total. The van der Waals surface area contributed by atoms with Gasteiger partial charge in [-0.1, -0.05) is 11.6 Å². The van der Waals surface area contributed by atoms with Crippen LogP contribution in [0.2, 0.25) is 5.02 Å². The van der Waals surface area contributed by atoms with E-state index >= 15 is 0 Å². The van der Waals surface area contributed by atoms with Gasteiger partial charge in [-0.15, -0.1) is 23.2 Å². The normalized spacial score (nSPS) is 21.8. The zero-order valence-corrected chi connectivity index (χ0v) is 18.3. The zero-order valence-electron chi connectivity index (χ0n) is 16.0. The highest BCUT2D eigenvalue weighted by Crippen LogP contribution is 2.52. The van der Waals surface area contributed by atoms with Crippen molar-refractivity contribution in [3.05, 3.63) is 28.8 Å². The van der Waals surface area contributed by atoms with Crippen molar-refractivity contribution in [3.8, 4) is 0 Å². The van der Waals surface area contributed by atoms with Crippen molar-refractivity contribution in [2.45, 2.75) is 29.6 Å². The second kappa shape index (κ2) is 8.99. The fourth-order valence-electron chi connectivity index (χ4n) is 3.45. The number of amides is 3. The van der Waals surface area contributed by atoms with Gasteiger partial charge in [-0.2, -0.15) is 0 Å². The van der Waals surface area contributed by atoms with E-state index < -0.39 is 22.0 Å². The third kappa shape index (κ3) is 5.17. The molecule has 0 spiro atoms. The molecule has 2 aliphatic rings. The molecule has 1 saturated carbocycles. The summed E-state index contributed by atoms with van der Waals surface area (Å²) in [6.45, 7) is 0.743. The molecule has 1 saturated heterocycles. The molecule has 162 valence electrons. The Morgan fingerprint density at radius 2 is 2.00 bits per heavy atom. The van der Waals surface area contributed by atoms with Crippen LogP contribution in [0.3, 0.4) is 0 Å². The number of carbonyl (C=O) groups is 3. The predicted molar refractivity (Wildman–Crippen MR) is 116 cm³/mol. The summed E-state index contributed by atoms with van der Waals surface area (Å²) in [5.74, 6) is -1.37. The molecule has 3 rings (SSSR count). The first-order valence-electron chi connectivity index (χ1n) is 9.47. The second-order valence-electron chi connectivity index (χ2n) is 7.44. The summed E-state index contributed by atoms with van der Waals surface area (Å²) in [6.07, 6.45) is 1.94. The first kappa shape index (κ1) is 22.7. The number of benzene rings is 1. The van der Waals surface area contributed by atoms with E-state index in [1.165, 1.54) is 11.0 Å². The standard InChI is InChI=1S/C19H22Cl3N5O3/c20-11-3-4-13(12(6-11)16(23)17(24)29)25-9-15(28)27-5-1-2-14(27)18(30)26-8-10-7-19(10,21)22/h3-4,6,10,14,23,25H,1-2,5,7-9H2,(H2,24,29)(H,26,30)/t10-,14+/m1/s1. The van der Waals surface area contributed by atoms with E-state index in [0.717, 1.165) is 6.42 Å². The van der Waals surface area contributed by atoms with Crippen molar-refractivity contribution < 1.29 is 14.4 Å². The molecule has 0 radical (unpaired) electrons. The Morgan fingerprint density at radius 1 is 1.30 bits per heavy atom. The Morgan fingerprint density at radius 3 is 2.63 bits per heavy atom. The molecule has 1 aromatic carbocycles. The smallest absolute Gasteiger partial charge is 0.267 e. The van der Waals surface area contributed by atoms with Gasteiger partial charge in [-0.25, -0.2) is 0 Å². The molecule has 11 heteroatoms. The minimum absolute atomic E-state index is 0.0286. The second-order valence-corrected chi connectivity index (χ2v) is 9.41. The largest absolute Gasteiger partial charge is 0.376 e. The number of rotatable bonds is 8. The number of hydrogen-bond donors (Lipinski definition) is 4. The average molecular weight is 475 g/mol. The summed E-state index contributed by atoms with van der Waals surface area (Å²) in [7, 11) is 0. The highest BCUT2D eigenvalue weighted by molar-refractivity contribution is 6.50. The SMILES string of the molecule is N=C(C(N)=O)c1cc(Cl)ccc1NCC(=O)N1CCC[C@H]1C(=O)NC[C@H]1CC1(Cl)Cl. The number of primary amides is 1. The molecule has 30 heavy (non-hydrogen) atoms. The highest BCUT2D eigenvalue weighted by atomic mass is 35.5. The van der Waals surface area contributed by atoms with Gasteiger partial charge < -0.3 is 21.3 Å². The Kier molecular flexibility index (Phi) is 6.79. The van der Waals surface area contributed by atoms with E-state index in [9.17, 15) is 14.4 Å². The summed E-state index contributed by atoms with van der Waals surface area (Å²) < 4.78 is -0.767. The summed E-state index contributed by atoms with van der Waals surface area (Å²) in [5, 5.41) is 13.9. The van der Waals surface area contributed by atoms with Crippen LogP contribution in [0.1, 0.15) is 24.8 Å². The van der Waals surface area contributed by atoms with Crippen LogP contribution in [0, 0.1) is 11.3 Å². The number of likely N-dealkylation sites (tertiary alicyclic amines) is 1. The molecule has 0 bridgehead atoms. The first-order valence-corrected chi connectivity index (χ1v) is 10.6. The Hall–Kier alpha value is -2.03. The van der Waals surface area contributed by atoms with Crippen molar-refractivity contribution in [2.24, 2.45) is 11.7 Å². The summed E-state index contributed by atoms with van der Waals surface area (Å²) in [4.78, 5) is 38.2. The van der Waals surface area contributed by atoms with Gasteiger partial charge in [0, 0.05) is 35.3 Å². The van der Waals surface area contributed by atoms with Gasteiger partial charge in [0.25, 0.3) is 5.91 Å².